The minimum Gasteiger partial charge on any atom is -0.312 e. The Labute approximate surface area is 142 Å². The normalized spacial score (nSPS) is 25.3. The molecule has 2 saturated heterocycles. The molecule has 0 aliphatic carbocycles. The summed E-state index contributed by atoms with van der Waals surface area (Å²) in [5.74, 6) is 0.314. The zero-order valence-corrected chi connectivity index (χ0v) is 13.9. The van der Waals surface area contributed by atoms with Crippen LogP contribution in [0, 0.1) is 5.41 Å². The number of benzene rings is 1. The van der Waals surface area contributed by atoms with Gasteiger partial charge in [-0.05, 0) is 50.4 Å². The fourth-order valence-corrected chi connectivity index (χ4v) is 4.28. The van der Waals surface area contributed by atoms with Crippen molar-refractivity contribution in [2.45, 2.75) is 32.2 Å². The number of rotatable bonds is 3. The van der Waals surface area contributed by atoms with Crippen LogP contribution in [0.25, 0.3) is 0 Å². The maximum Gasteiger partial charge on any atom is 0.234 e. The van der Waals surface area contributed by atoms with E-state index in [1.807, 2.05) is 41.3 Å². The van der Waals surface area contributed by atoms with Gasteiger partial charge in [0.25, 0.3) is 0 Å². The van der Waals surface area contributed by atoms with Crippen LogP contribution in [-0.4, -0.2) is 40.6 Å². The molecule has 1 spiro atoms. The highest BCUT2D eigenvalue weighted by molar-refractivity contribution is 5.98. The van der Waals surface area contributed by atoms with Gasteiger partial charge in [0.15, 0.2) is 0 Å². The van der Waals surface area contributed by atoms with Crippen LogP contribution < -0.4 is 4.90 Å². The van der Waals surface area contributed by atoms with Gasteiger partial charge < -0.3 is 4.90 Å². The number of hydrogen-bond donors (Lipinski definition) is 1. The maximum absolute atomic E-state index is 13.3. The van der Waals surface area contributed by atoms with E-state index in [2.05, 4.69) is 15.1 Å². The molecule has 5 heteroatoms. The number of para-hydroxylation sites is 1. The summed E-state index contributed by atoms with van der Waals surface area (Å²) in [4.78, 5) is 17.7. The summed E-state index contributed by atoms with van der Waals surface area (Å²) in [6.45, 7) is 3.60. The van der Waals surface area contributed by atoms with Crippen LogP contribution in [0.3, 0.4) is 0 Å². The van der Waals surface area contributed by atoms with Crippen LogP contribution >= 0.6 is 0 Å². The molecule has 3 heterocycles. The van der Waals surface area contributed by atoms with E-state index in [1.165, 1.54) is 0 Å². The Morgan fingerprint density at radius 3 is 2.62 bits per heavy atom. The van der Waals surface area contributed by atoms with Gasteiger partial charge in [-0.15, -0.1) is 0 Å². The molecule has 0 saturated carbocycles. The van der Waals surface area contributed by atoms with Gasteiger partial charge in [0.05, 0.1) is 5.41 Å². The zero-order chi connectivity index (χ0) is 16.4. The van der Waals surface area contributed by atoms with E-state index in [0.717, 1.165) is 63.2 Å². The molecule has 126 valence electrons. The van der Waals surface area contributed by atoms with E-state index in [9.17, 15) is 4.79 Å². The number of aromatic nitrogens is 2. The van der Waals surface area contributed by atoms with Gasteiger partial charge in [0, 0.05) is 37.2 Å². The van der Waals surface area contributed by atoms with Crippen LogP contribution in [0.2, 0.25) is 0 Å². The minimum atomic E-state index is -0.216. The Balaban J connectivity index is 1.53. The Morgan fingerprint density at radius 1 is 1.08 bits per heavy atom. The number of piperidine rings is 2. The predicted molar refractivity (Wildman–Crippen MR) is 93.6 cm³/mol. The van der Waals surface area contributed by atoms with E-state index >= 15 is 0 Å². The lowest BCUT2D eigenvalue weighted by atomic mass is 9.72. The number of hydrogen-bond acceptors (Lipinski definition) is 3. The molecule has 24 heavy (non-hydrogen) atoms. The number of aromatic amines is 1. The highest BCUT2D eigenvalue weighted by Crippen LogP contribution is 2.41. The molecule has 1 unspecified atom stereocenters. The van der Waals surface area contributed by atoms with Gasteiger partial charge in [-0.3, -0.25) is 14.8 Å². The van der Waals surface area contributed by atoms with Crippen LogP contribution in [0.1, 0.15) is 31.4 Å². The second-order valence-electron chi connectivity index (χ2n) is 7.07. The molecule has 1 N–H and O–H groups in total. The first-order valence-electron chi connectivity index (χ1n) is 8.84. The van der Waals surface area contributed by atoms with Crippen molar-refractivity contribution in [3.8, 4) is 0 Å². The Bertz CT molecular complexity index is 681. The second-order valence-corrected chi connectivity index (χ2v) is 7.07. The average Bonchev–Trinajstić information content (AvgIpc) is 3.12. The SMILES string of the molecule is O=C1N(c2ccccc2)CCCC12CCCN(Cc1ccn[nH]1)C2. The molecule has 1 aromatic carbocycles. The zero-order valence-electron chi connectivity index (χ0n) is 13.9. The van der Waals surface area contributed by atoms with Gasteiger partial charge in [0.1, 0.15) is 0 Å². The molecular weight excluding hydrogens is 300 g/mol. The molecule has 2 fully saturated rings. The monoisotopic (exact) mass is 324 g/mol. The fraction of sp³-hybridized carbons (Fsp3) is 0.474. The van der Waals surface area contributed by atoms with Gasteiger partial charge in [-0.2, -0.15) is 5.10 Å². The van der Waals surface area contributed by atoms with Crippen LogP contribution in [0.5, 0.6) is 0 Å². The molecular formula is C19H24N4O. The van der Waals surface area contributed by atoms with E-state index in [-0.39, 0.29) is 5.41 Å². The molecule has 0 radical (unpaired) electrons. The Morgan fingerprint density at radius 2 is 1.88 bits per heavy atom. The van der Waals surface area contributed by atoms with E-state index < -0.39 is 0 Å². The molecule has 4 rings (SSSR count). The smallest absolute Gasteiger partial charge is 0.234 e. The number of nitrogens with zero attached hydrogens (tertiary/aromatic N) is 3. The van der Waals surface area contributed by atoms with Crippen LogP contribution in [0.15, 0.2) is 42.6 Å². The third-order valence-corrected chi connectivity index (χ3v) is 5.41. The molecule has 5 nitrogen and oxygen atoms in total. The molecule has 1 atom stereocenters. The summed E-state index contributed by atoms with van der Waals surface area (Å²) in [6.07, 6.45) is 5.97. The number of anilines is 1. The minimum absolute atomic E-state index is 0.216. The number of nitrogens with one attached hydrogen (secondary N) is 1. The van der Waals surface area contributed by atoms with Crippen molar-refractivity contribution >= 4 is 11.6 Å². The van der Waals surface area contributed by atoms with E-state index in [1.54, 1.807) is 6.20 Å². The van der Waals surface area contributed by atoms with Crippen molar-refractivity contribution in [1.29, 1.82) is 0 Å². The van der Waals surface area contributed by atoms with Gasteiger partial charge in [-0.25, -0.2) is 0 Å². The summed E-state index contributed by atoms with van der Waals surface area (Å²) in [5.41, 5.74) is 1.94. The summed E-state index contributed by atoms with van der Waals surface area (Å²) in [6, 6.07) is 12.1. The number of H-pyrrole nitrogens is 1. The maximum atomic E-state index is 13.3. The summed E-state index contributed by atoms with van der Waals surface area (Å²) < 4.78 is 0. The van der Waals surface area contributed by atoms with Crippen molar-refractivity contribution in [2.24, 2.45) is 5.41 Å². The molecule has 2 aliphatic rings. The third kappa shape index (κ3) is 2.84. The van der Waals surface area contributed by atoms with E-state index in [0.29, 0.717) is 5.91 Å². The number of likely N-dealkylation sites (tertiary alicyclic amines) is 1. The predicted octanol–water partition coefficient (Wildman–Crippen LogP) is 2.82. The number of carbonyl (C=O) groups is 1. The van der Waals surface area contributed by atoms with Crippen molar-refractivity contribution in [3.63, 3.8) is 0 Å². The topological polar surface area (TPSA) is 52.2 Å². The lowest BCUT2D eigenvalue weighted by Crippen LogP contribution is -2.56. The van der Waals surface area contributed by atoms with Gasteiger partial charge >= 0.3 is 0 Å². The molecule has 1 aromatic heterocycles. The lowest BCUT2D eigenvalue weighted by molar-refractivity contribution is -0.134. The first-order valence-corrected chi connectivity index (χ1v) is 8.84. The highest BCUT2D eigenvalue weighted by Gasteiger charge is 2.46. The fourth-order valence-electron chi connectivity index (χ4n) is 4.28. The van der Waals surface area contributed by atoms with Crippen molar-refractivity contribution < 1.29 is 4.79 Å². The largest absolute Gasteiger partial charge is 0.312 e. The van der Waals surface area contributed by atoms with Crippen molar-refractivity contribution in [2.75, 3.05) is 24.5 Å². The molecule has 1 amide bonds. The second kappa shape index (κ2) is 6.40. The first kappa shape index (κ1) is 15.4. The first-order chi connectivity index (χ1) is 11.8. The van der Waals surface area contributed by atoms with Gasteiger partial charge in [0.2, 0.25) is 5.91 Å². The van der Waals surface area contributed by atoms with Crippen LogP contribution in [0.4, 0.5) is 5.69 Å². The van der Waals surface area contributed by atoms with Crippen LogP contribution in [-0.2, 0) is 11.3 Å². The number of amides is 1. The molecule has 2 aliphatic heterocycles. The lowest BCUT2D eigenvalue weighted by Gasteiger charge is -2.47. The number of carbonyl (C=O) groups excluding carboxylic acids is 1. The summed E-state index contributed by atoms with van der Waals surface area (Å²) in [5, 5.41) is 7.07. The quantitative estimate of drug-likeness (QED) is 0.944. The Hall–Kier alpha value is -2.14. The highest BCUT2D eigenvalue weighted by atomic mass is 16.2. The molecule has 0 bridgehead atoms. The van der Waals surface area contributed by atoms with Crippen molar-refractivity contribution in [3.05, 3.63) is 48.3 Å². The molecule has 2 aromatic rings. The standard InChI is InChI=1S/C19H24N4O/c24-18-19(10-5-13-23(18)17-6-2-1-3-7-17)9-4-12-22(15-19)14-16-8-11-20-21-16/h1-3,6-8,11H,4-5,9-10,12-15H2,(H,20,21). The summed E-state index contributed by atoms with van der Waals surface area (Å²) >= 11 is 0. The van der Waals surface area contributed by atoms with Crippen molar-refractivity contribution in [1.82, 2.24) is 15.1 Å². The van der Waals surface area contributed by atoms with E-state index in [4.69, 9.17) is 0 Å². The third-order valence-electron chi connectivity index (χ3n) is 5.41. The summed E-state index contributed by atoms with van der Waals surface area (Å²) in [7, 11) is 0. The van der Waals surface area contributed by atoms with Gasteiger partial charge in [-0.1, -0.05) is 18.2 Å². The average molecular weight is 324 g/mol. The Kier molecular flexibility index (Phi) is 4.10.